The Morgan fingerprint density at radius 3 is 2.32 bits per heavy atom. The molecule has 19 heavy (non-hydrogen) atoms. The zero-order chi connectivity index (χ0) is 14.6. The fraction of sp³-hybridized carbons (Fsp3) is 0.300. The minimum absolute atomic E-state index is 0.0201. The van der Waals surface area contributed by atoms with Crippen LogP contribution in [0, 0.1) is 5.82 Å². The molecule has 0 heterocycles. The maximum Gasteiger partial charge on any atom is 0.303 e. The highest BCUT2D eigenvalue weighted by molar-refractivity contribution is 7.92. The van der Waals surface area contributed by atoms with Crippen molar-refractivity contribution in [1.29, 1.82) is 0 Å². The number of benzene rings is 1. The standard InChI is InChI=1S/C10H10Cl2FNO4S/c11-7-4-6(5-8(12)10(7)13)14-19(17,18)3-1-2-9(15)16/h4-5,14H,1-3H2,(H,15,16). The van der Waals surface area contributed by atoms with Crippen LogP contribution in [0.25, 0.3) is 0 Å². The number of hydrogen-bond donors (Lipinski definition) is 2. The molecular weight excluding hydrogens is 320 g/mol. The van der Waals surface area contributed by atoms with Crippen LogP contribution in [-0.2, 0) is 14.8 Å². The molecule has 1 rings (SSSR count). The van der Waals surface area contributed by atoms with E-state index in [1.54, 1.807) is 0 Å². The number of halogens is 3. The molecule has 0 aliphatic carbocycles. The largest absolute Gasteiger partial charge is 0.481 e. The maximum atomic E-state index is 13.1. The Bertz CT molecular complexity index is 568. The van der Waals surface area contributed by atoms with Crippen LogP contribution in [0.3, 0.4) is 0 Å². The smallest absolute Gasteiger partial charge is 0.303 e. The Kier molecular flexibility index (Phi) is 5.39. The average molecular weight is 330 g/mol. The molecule has 106 valence electrons. The first-order valence-corrected chi connectivity index (χ1v) is 7.49. The molecule has 0 saturated carbocycles. The lowest BCUT2D eigenvalue weighted by atomic mass is 10.3. The lowest BCUT2D eigenvalue weighted by Gasteiger charge is -2.09. The fourth-order valence-corrected chi connectivity index (χ4v) is 2.85. The van der Waals surface area contributed by atoms with Crippen molar-refractivity contribution in [3.05, 3.63) is 28.0 Å². The average Bonchev–Trinajstić information content (AvgIpc) is 2.24. The van der Waals surface area contributed by atoms with E-state index in [0.29, 0.717) is 0 Å². The van der Waals surface area contributed by atoms with Crippen molar-refractivity contribution >= 4 is 44.9 Å². The molecule has 9 heteroatoms. The monoisotopic (exact) mass is 329 g/mol. The molecule has 0 amide bonds. The van der Waals surface area contributed by atoms with Crippen LogP contribution in [-0.4, -0.2) is 25.2 Å². The van der Waals surface area contributed by atoms with Crippen molar-refractivity contribution in [2.24, 2.45) is 0 Å². The van der Waals surface area contributed by atoms with Gasteiger partial charge in [0.05, 0.1) is 21.5 Å². The minimum Gasteiger partial charge on any atom is -0.481 e. The Labute approximate surface area is 119 Å². The van der Waals surface area contributed by atoms with E-state index in [0.717, 1.165) is 12.1 Å². The predicted octanol–water partition coefficient (Wildman–Crippen LogP) is 2.74. The Morgan fingerprint density at radius 2 is 1.84 bits per heavy atom. The number of sulfonamides is 1. The Morgan fingerprint density at radius 1 is 1.32 bits per heavy atom. The fourth-order valence-electron chi connectivity index (χ4n) is 1.26. The van der Waals surface area contributed by atoms with Gasteiger partial charge in [-0.05, 0) is 18.6 Å². The Balaban J connectivity index is 2.76. The highest BCUT2D eigenvalue weighted by Gasteiger charge is 2.14. The van der Waals surface area contributed by atoms with Crippen LogP contribution in [0.2, 0.25) is 10.0 Å². The topological polar surface area (TPSA) is 83.5 Å². The molecule has 5 nitrogen and oxygen atoms in total. The van der Waals surface area contributed by atoms with E-state index in [4.69, 9.17) is 28.3 Å². The van der Waals surface area contributed by atoms with Gasteiger partial charge in [0.2, 0.25) is 10.0 Å². The molecular formula is C10H10Cl2FNO4S. The predicted molar refractivity (Wildman–Crippen MR) is 70.7 cm³/mol. The molecule has 0 spiro atoms. The van der Waals surface area contributed by atoms with Crippen molar-refractivity contribution in [3.63, 3.8) is 0 Å². The van der Waals surface area contributed by atoms with Crippen molar-refractivity contribution in [2.75, 3.05) is 10.5 Å². The molecule has 0 unspecified atom stereocenters. The zero-order valence-electron chi connectivity index (χ0n) is 9.49. The summed E-state index contributed by atoms with van der Waals surface area (Å²) >= 11 is 11.0. The summed E-state index contributed by atoms with van der Waals surface area (Å²) in [6, 6.07) is 2.16. The van der Waals surface area contributed by atoms with Gasteiger partial charge in [-0.25, -0.2) is 12.8 Å². The van der Waals surface area contributed by atoms with Crippen LogP contribution >= 0.6 is 23.2 Å². The molecule has 1 aromatic carbocycles. The van der Waals surface area contributed by atoms with Crippen LogP contribution in [0.15, 0.2) is 12.1 Å². The van der Waals surface area contributed by atoms with E-state index in [1.165, 1.54) is 0 Å². The van der Waals surface area contributed by atoms with Gasteiger partial charge in [0.15, 0.2) is 5.82 Å². The first kappa shape index (κ1) is 16.0. The van der Waals surface area contributed by atoms with E-state index >= 15 is 0 Å². The van der Waals surface area contributed by atoms with Crippen LogP contribution < -0.4 is 4.72 Å². The number of carboxylic acids is 1. The second-order valence-electron chi connectivity index (χ2n) is 3.67. The van der Waals surface area contributed by atoms with Gasteiger partial charge in [-0.1, -0.05) is 23.2 Å². The summed E-state index contributed by atoms with van der Waals surface area (Å²) in [7, 11) is -3.73. The highest BCUT2D eigenvalue weighted by atomic mass is 35.5. The summed E-state index contributed by atoms with van der Waals surface area (Å²) in [5.74, 6) is -2.29. The lowest BCUT2D eigenvalue weighted by molar-refractivity contribution is -0.137. The van der Waals surface area contributed by atoms with Gasteiger partial charge >= 0.3 is 5.97 Å². The van der Waals surface area contributed by atoms with Crippen LogP contribution in [0.4, 0.5) is 10.1 Å². The quantitative estimate of drug-likeness (QED) is 0.786. The number of carboxylic acid groups (broad SMARTS) is 1. The molecule has 0 aliphatic rings. The number of carbonyl (C=O) groups is 1. The van der Waals surface area contributed by atoms with Crippen molar-refractivity contribution < 1.29 is 22.7 Å². The molecule has 1 aromatic rings. The van der Waals surface area contributed by atoms with Gasteiger partial charge in [-0.2, -0.15) is 0 Å². The third kappa shape index (κ3) is 5.22. The number of rotatable bonds is 6. The molecule has 0 radical (unpaired) electrons. The number of nitrogens with one attached hydrogen (secondary N) is 1. The third-order valence-corrected chi connectivity index (χ3v) is 3.98. The van der Waals surface area contributed by atoms with Gasteiger partial charge in [-0.15, -0.1) is 0 Å². The van der Waals surface area contributed by atoms with Gasteiger partial charge in [0, 0.05) is 6.42 Å². The first-order valence-electron chi connectivity index (χ1n) is 5.08. The highest BCUT2D eigenvalue weighted by Crippen LogP contribution is 2.27. The van der Waals surface area contributed by atoms with Gasteiger partial charge < -0.3 is 5.11 Å². The lowest BCUT2D eigenvalue weighted by Crippen LogP contribution is -2.17. The van der Waals surface area contributed by atoms with E-state index < -0.39 is 21.8 Å². The van der Waals surface area contributed by atoms with E-state index in [9.17, 15) is 17.6 Å². The molecule has 0 atom stereocenters. The summed E-state index contributed by atoms with van der Waals surface area (Å²) in [4.78, 5) is 10.3. The Hall–Kier alpha value is -1.05. The van der Waals surface area contributed by atoms with E-state index in [2.05, 4.69) is 4.72 Å². The van der Waals surface area contributed by atoms with Crippen molar-refractivity contribution in [3.8, 4) is 0 Å². The SMILES string of the molecule is O=C(O)CCCS(=O)(=O)Nc1cc(Cl)c(F)c(Cl)c1. The molecule has 0 fully saturated rings. The second kappa shape index (κ2) is 6.40. The summed E-state index contributed by atoms with van der Waals surface area (Å²) in [6.07, 6.45) is -0.292. The van der Waals surface area contributed by atoms with Gasteiger partial charge in [0.1, 0.15) is 0 Å². The third-order valence-electron chi connectivity index (χ3n) is 2.06. The first-order chi connectivity index (χ1) is 8.71. The van der Waals surface area contributed by atoms with Crippen LogP contribution in [0.5, 0.6) is 0 Å². The normalized spacial score (nSPS) is 11.3. The minimum atomic E-state index is -3.73. The summed E-state index contributed by atoms with van der Waals surface area (Å²) in [5.41, 5.74) is 0.0201. The van der Waals surface area contributed by atoms with Gasteiger partial charge in [0.25, 0.3) is 0 Å². The maximum absolute atomic E-state index is 13.1. The summed E-state index contributed by atoms with van der Waals surface area (Å²) in [6.45, 7) is 0. The summed E-state index contributed by atoms with van der Waals surface area (Å²) in [5, 5.41) is 7.79. The number of anilines is 1. The summed E-state index contributed by atoms with van der Waals surface area (Å²) < 4.78 is 38.5. The second-order valence-corrected chi connectivity index (χ2v) is 6.33. The molecule has 0 saturated heterocycles. The zero-order valence-corrected chi connectivity index (χ0v) is 11.8. The number of hydrogen-bond acceptors (Lipinski definition) is 3. The molecule has 0 aromatic heterocycles. The van der Waals surface area contributed by atoms with E-state index in [1.807, 2.05) is 0 Å². The van der Waals surface area contributed by atoms with Crippen molar-refractivity contribution in [2.45, 2.75) is 12.8 Å². The number of aliphatic carboxylic acids is 1. The molecule has 2 N–H and O–H groups in total. The van der Waals surface area contributed by atoms with E-state index in [-0.39, 0.29) is 34.3 Å². The van der Waals surface area contributed by atoms with Crippen molar-refractivity contribution in [1.82, 2.24) is 0 Å². The van der Waals surface area contributed by atoms with Gasteiger partial charge in [-0.3, -0.25) is 9.52 Å². The molecule has 0 aliphatic heterocycles. The van der Waals surface area contributed by atoms with Crippen LogP contribution in [0.1, 0.15) is 12.8 Å². The molecule has 0 bridgehead atoms.